The van der Waals surface area contributed by atoms with Gasteiger partial charge < -0.3 is 14.5 Å². The van der Waals surface area contributed by atoms with Gasteiger partial charge in [-0.2, -0.15) is 11.8 Å². The van der Waals surface area contributed by atoms with E-state index >= 15 is 0 Å². The van der Waals surface area contributed by atoms with Gasteiger partial charge in [0.05, 0.1) is 19.6 Å². The molecule has 1 aromatic rings. The number of hydrogen-bond acceptors (Lipinski definition) is 4. The second-order valence-electron chi connectivity index (χ2n) is 6.71. The Kier molecular flexibility index (Phi) is 6.44. The molecule has 0 aliphatic carbocycles. The minimum absolute atomic E-state index is 0.259. The summed E-state index contributed by atoms with van der Waals surface area (Å²) in [7, 11) is 1.67. The predicted octanol–water partition coefficient (Wildman–Crippen LogP) is 2.67. The fourth-order valence-electron chi connectivity index (χ4n) is 3.63. The maximum Gasteiger partial charge on any atom is 0.227 e. The number of likely N-dealkylation sites (tertiary alicyclic amines) is 1. The third-order valence-electron chi connectivity index (χ3n) is 4.92. The van der Waals surface area contributed by atoms with E-state index in [0.717, 1.165) is 36.6 Å². The van der Waals surface area contributed by atoms with Crippen LogP contribution in [0.15, 0.2) is 24.3 Å². The maximum atomic E-state index is 13.0. The second-order valence-corrected chi connectivity index (χ2v) is 7.86. The Hall–Kier alpha value is -1.20. The summed E-state index contributed by atoms with van der Waals surface area (Å²) in [6, 6.07) is 8.23. The lowest BCUT2D eigenvalue weighted by atomic mass is 10.1. The van der Waals surface area contributed by atoms with E-state index < -0.39 is 0 Å². The van der Waals surface area contributed by atoms with Crippen molar-refractivity contribution in [3.05, 3.63) is 29.8 Å². The zero-order valence-corrected chi connectivity index (χ0v) is 15.4. The van der Waals surface area contributed by atoms with Crippen molar-refractivity contribution in [1.29, 1.82) is 0 Å². The zero-order chi connectivity index (χ0) is 16.8. The number of nitrogens with zero attached hydrogens (tertiary/aromatic N) is 2. The van der Waals surface area contributed by atoms with Gasteiger partial charge in [0, 0.05) is 18.8 Å². The lowest BCUT2D eigenvalue weighted by molar-refractivity contribution is -0.132. The summed E-state index contributed by atoms with van der Waals surface area (Å²) in [6.07, 6.45) is 4.18. The van der Waals surface area contributed by atoms with Crippen molar-refractivity contribution in [2.24, 2.45) is 0 Å². The summed E-state index contributed by atoms with van der Waals surface area (Å²) >= 11 is 2.00. The highest BCUT2D eigenvalue weighted by Gasteiger charge is 2.28. The van der Waals surface area contributed by atoms with Crippen LogP contribution in [0.5, 0.6) is 5.75 Å². The van der Waals surface area contributed by atoms with E-state index in [9.17, 15) is 4.79 Å². The molecule has 0 unspecified atom stereocenters. The van der Waals surface area contributed by atoms with Gasteiger partial charge in [0.1, 0.15) is 5.75 Å². The number of hydrogen-bond donors (Lipinski definition) is 0. The minimum Gasteiger partial charge on any atom is -0.497 e. The molecule has 1 aromatic carbocycles. The minimum atomic E-state index is 0.259. The Bertz CT molecular complexity index is 546. The van der Waals surface area contributed by atoms with Crippen molar-refractivity contribution in [3.63, 3.8) is 0 Å². The number of carbonyl (C=O) groups excluding carboxylic acids is 1. The van der Waals surface area contributed by atoms with Gasteiger partial charge in [0.25, 0.3) is 0 Å². The Morgan fingerprint density at radius 2 is 2.08 bits per heavy atom. The molecule has 4 nitrogen and oxygen atoms in total. The summed E-state index contributed by atoms with van der Waals surface area (Å²) in [5.41, 5.74) is 1.04. The summed E-state index contributed by atoms with van der Waals surface area (Å²) in [5, 5.41) is 0. The van der Waals surface area contributed by atoms with Crippen molar-refractivity contribution in [2.75, 3.05) is 44.8 Å². The van der Waals surface area contributed by atoms with E-state index in [1.807, 2.05) is 36.0 Å². The largest absolute Gasteiger partial charge is 0.497 e. The van der Waals surface area contributed by atoms with Crippen molar-refractivity contribution >= 4 is 17.7 Å². The SMILES string of the molecule is COc1cccc(CC(=O)N2CCCSC[C@H]2CN2CCCC2)c1. The van der Waals surface area contributed by atoms with Crippen LogP contribution in [0.1, 0.15) is 24.8 Å². The van der Waals surface area contributed by atoms with E-state index in [2.05, 4.69) is 9.80 Å². The fraction of sp³-hybridized carbons (Fsp3) is 0.632. The summed E-state index contributed by atoms with van der Waals surface area (Å²) in [4.78, 5) is 17.6. The Morgan fingerprint density at radius 1 is 1.25 bits per heavy atom. The molecular weight excluding hydrogens is 320 g/mol. The number of thioether (sulfide) groups is 1. The van der Waals surface area contributed by atoms with Crippen LogP contribution in [0.2, 0.25) is 0 Å². The van der Waals surface area contributed by atoms with Crippen LogP contribution in [-0.4, -0.2) is 66.5 Å². The predicted molar refractivity (Wildman–Crippen MR) is 99.8 cm³/mol. The molecule has 0 aromatic heterocycles. The summed E-state index contributed by atoms with van der Waals surface area (Å²) in [5.74, 6) is 3.31. The second kappa shape index (κ2) is 8.77. The molecule has 0 saturated carbocycles. The molecular formula is C19H28N2O2S. The monoisotopic (exact) mass is 348 g/mol. The van der Waals surface area contributed by atoms with Crippen molar-refractivity contribution in [1.82, 2.24) is 9.80 Å². The van der Waals surface area contributed by atoms with Crippen LogP contribution >= 0.6 is 11.8 Å². The van der Waals surface area contributed by atoms with Crippen LogP contribution in [-0.2, 0) is 11.2 Å². The maximum absolute atomic E-state index is 13.0. The normalized spacial score (nSPS) is 22.4. The third-order valence-corrected chi connectivity index (χ3v) is 6.11. The van der Waals surface area contributed by atoms with E-state index in [0.29, 0.717) is 12.5 Å². The van der Waals surface area contributed by atoms with Gasteiger partial charge in [0.2, 0.25) is 5.91 Å². The van der Waals surface area contributed by atoms with Crippen LogP contribution in [0.25, 0.3) is 0 Å². The molecule has 0 radical (unpaired) electrons. The van der Waals surface area contributed by atoms with Crippen molar-refractivity contribution in [3.8, 4) is 5.75 Å². The van der Waals surface area contributed by atoms with E-state index in [4.69, 9.17) is 4.74 Å². The molecule has 0 spiro atoms. The highest BCUT2D eigenvalue weighted by molar-refractivity contribution is 7.99. The van der Waals surface area contributed by atoms with Gasteiger partial charge in [-0.15, -0.1) is 0 Å². The van der Waals surface area contributed by atoms with E-state index in [-0.39, 0.29) is 5.91 Å². The number of carbonyl (C=O) groups is 1. The molecule has 1 amide bonds. The van der Waals surface area contributed by atoms with Gasteiger partial charge in [-0.25, -0.2) is 0 Å². The first-order chi connectivity index (χ1) is 11.8. The van der Waals surface area contributed by atoms with Gasteiger partial charge >= 0.3 is 0 Å². The quantitative estimate of drug-likeness (QED) is 0.819. The summed E-state index contributed by atoms with van der Waals surface area (Å²) < 4.78 is 5.28. The van der Waals surface area contributed by atoms with Crippen LogP contribution in [0.4, 0.5) is 0 Å². The molecule has 3 rings (SSSR count). The van der Waals surface area contributed by atoms with E-state index in [1.54, 1.807) is 7.11 Å². The molecule has 2 aliphatic heterocycles. The standard InChI is InChI=1S/C19H28N2O2S/c1-23-18-7-4-6-16(12-18)13-19(22)21-10-5-11-24-15-17(21)14-20-8-2-3-9-20/h4,6-7,12,17H,2-3,5,8-11,13-15H2,1H3/t17-/m1/s1. The van der Waals surface area contributed by atoms with Crippen molar-refractivity contribution in [2.45, 2.75) is 31.7 Å². The molecule has 1 atom stereocenters. The smallest absolute Gasteiger partial charge is 0.227 e. The zero-order valence-electron chi connectivity index (χ0n) is 14.6. The van der Waals surface area contributed by atoms with Gasteiger partial charge in [-0.05, 0) is 55.8 Å². The lowest BCUT2D eigenvalue weighted by Gasteiger charge is -2.33. The average molecular weight is 349 g/mol. The average Bonchev–Trinajstić information content (AvgIpc) is 2.99. The van der Waals surface area contributed by atoms with E-state index in [1.165, 1.54) is 31.7 Å². The number of benzene rings is 1. The van der Waals surface area contributed by atoms with Crippen LogP contribution < -0.4 is 4.74 Å². The topological polar surface area (TPSA) is 32.8 Å². The molecule has 2 heterocycles. The third kappa shape index (κ3) is 4.67. The van der Waals surface area contributed by atoms with Crippen molar-refractivity contribution < 1.29 is 9.53 Å². The molecule has 0 bridgehead atoms. The first-order valence-electron chi connectivity index (χ1n) is 8.99. The summed E-state index contributed by atoms with van der Waals surface area (Å²) in [6.45, 7) is 4.32. The van der Waals surface area contributed by atoms with Crippen LogP contribution in [0.3, 0.4) is 0 Å². The molecule has 2 fully saturated rings. The lowest BCUT2D eigenvalue weighted by Crippen LogP contribution is -2.48. The molecule has 2 aliphatic rings. The first-order valence-corrected chi connectivity index (χ1v) is 10.1. The number of ether oxygens (including phenoxy) is 1. The molecule has 24 heavy (non-hydrogen) atoms. The molecule has 2 saturated heterocycles. The molecule has 132 valence electrons. The number of rotatable bonds is 5. The fourth-order valence-corrected chi connectivity index (χ4v) is 4.69. The Morgan fingerprint density at radius 3 is 2.88 bits per heavy atom. The van der Waals surface area contributed by atoms with Gasteiger partial charge in [-0.1, -0.05) is 12.1 Å². The number of amides is 1. The highest BCUT2D eigenvalue weighted by atomic mass is 32.2. The number of methoxy groups -OCH3 is 1. The highest BCUT2D eigenvalue weighted by Crippen LogP contribution is 2.21. The molecule has 5 heteroatoms. The van der Waals surface area contributed by atoms with Gasteiger partial charge in [-0.3, -0.25) is 4.79 Å². The van der Waals surface area contributed by atoms with Gasteiger partial charge in [0.15, 0.2) is 0 Å². The Balaban J connectivity index is 1.66. The Labute approximate surface area is 149 Å². The molecule has 0 N–H and O–H groups in total. The first kappa shape index (κ1) is 17.6. The van der Waals surface area contributed by atoms with Crippen LogP contribution in [0, 0.1) is 0 Å².